The van der Waals surface area contributed by atoms with Crippen LogP contribution < -0.4 is 11.1 Å². The fourth-order valence-electron chi connectivity index (χ4n) is 2.28. The van der Waals surface area contributed by atoms with Gasteiger partial charge in [-0.1, -0.05) is 32.6 Å². The first-order valence-electron chi connectivity index (χ1n) is 6.96. The number of hydrogen-bond donors (Lipinski definition) is 2. The summed E-state index contributed by atoms with van der Waals surface area (Å²) in [7, 11) is -1.08. The molecule has 2 atom stereocenters. The fourth-order valence-corrected chi connectivity index (χ4v) is 3.55. The maximum atomic E-state index is 11.8. The highest BCUT2D eigenvalue weighted by atomic mass is 32.2. The number of hydrogen-bond acceptors (Lipinski definition) is 3. The molecule has 5 heteroatoms. The molecule has 0 aromatic heterocycles. The van der Waals surface area contributed by atoms with E-state index < -0.39 is 10.8 Å². The van der Waals surface area contributed by atoms with E-state index >= 15 is 0 Å². The number of amides is 1. The Bertz CT molecular complexity index is 276. The number of carbonyl (C=O) groups is 1. The lowest BCUT2D eigenvalue weighted by molar-refractivity contribution is -0.119. The average molecular weight is 274 g/mol. The van der Waals surface area contributed by atoms with Gasteiger partial charge in [-0.05, 0) is 25.3 Å². The van der Waals surface area contributed by atoms with Gasteiger partial charge in [0.2, 0.25) is 5.91 Å². The molecule has 106 valence electrons. The summed E-state index contributed by atoms with van der Waals surface area (Å²) >= 11 is 0. The molecule has 1 saturated carbocycles. The van der Waals surface area contributed by atoms with Crippen molar-refractivity contribution in [1.82, 2.24) is 5.32 Å². The van der Waals surface area contributed by atoms with Crippen LogP contribution in [0.2, 0.25) is 0 Å². The minimum atomic E-state index is -1.08. The van der Waals surface area contributed by atoms with Crippen LogP contribution in [0.3, 0.4) is 0 Å². The monoisotopic (exact) mass is 274 g/mol. The van der Waals surface area contributed by atoms with E-state index in [1.165, 1.54) is 25.7 Å². The molecule has 0 heterocycles. The van der Waals surface area contributed by atoms with Crippen LogP contribution in [0, 0.1) is 5.92 Å². The van der Waals surface area contributed by atoms with Gasteiger partial charge in [-0.3, -0.25) is 9.00 Å². The maximum absolute atomic E-state index is 11.8. The third kappa shape index (κ3) is 6.50. The molecule has 3 N–H and O–H groups in total. The largest absolute Gasteiger partial charge is 0.353 e. The molecular weight excluding hydrogens is 248 g/mol. The fraction of sp³-hybridized carbons (Fsp3) is 0.923. The smallest absolute Gasteiger partial charge is 0.232 e. The van der Waals surface area contributed by atoms with Gasteiger partial charge >= 0.3 is 0 Å². The number of carbonyl (C=O) groups excluding carboxylic acids is 1. The second-order valence-corrected chi connectivity index (χ2v) is 6.85. The molecule has 1 aliphatic rings. The lowest BCUT2D eigenvalue weighted by Crippen LogP contribution is -2.38. The molecule has 0 aromatic carbocycles. The van der Waals surface area contributed by atoms with Crippen LogP contribution in [-0.4, -0.2) is 34.2 Å². The summed E-state index contributed by atoms with van der Waals surface area (Å²) in [4.78, 5) is 11.8. The Balaban J connectivity index is 2.25. The first-order chi connectivity index (χ1) is 8.61. The molecule has 1 amide bonds. The SMILES string of the molecule is CC(CN)CS(=O)CC(=O)NC1CCCCCC1. The van der Waals surface area contributed by atoms with Crippen molar-refractivity contribution >= 4 is 16.7 Å². The topological polar surface area (TPSA) is 72.2 Å². The standard InChI is InChI=1S/C13H26N2O2S/c1-11(8-14)9-18(17)10-13(16)15-12-6-4-2-3-5-7-12/h11-12H,2-10,14H2,1H3,(H,15,16). The van der Waals surface area contributed by atoms with Gasteiger partial charge in [0.05, 0.1) is 0 Å². The molecule has 0 aliphatic heterocycles. The van der Waals surface area contributed by atoms with Crippen molar-refractivity contribution in [3.05, 3.63) is 0 Å². The maximum Gasteiger partial charge on any atom is 0.232 e. The van der Waals surface area contributed by atoms with E-state index in [0.29, 0.717) is 18.3 Å². The zero-order valence-corrected chi connectivity index (χ0v) is 12.1. The highest BCUT2D eigenvalue weighted by Crippen LogP contribution is 2.17. The first kappa shape index (κ1) is 15.6. The van der Waals surface area contributed by atoms with Crippen molar-refractivity contribution in [3.8, 4) is 0 Å². The molecule has 0 radical (unpaired) electrons. The van der Waals surface area contributed by atoms with E-state index in [0.717, 1.165) is 12.8 Å². The molecule has 1 fully saturated rings. The Morgan fingerprint density at radius 2 is 1.94 bits per heavy atom. The summed E-state index contributed by atoms with van der Waals surface area (Å²) in [5.41, 5.74) is 5.48. The molecule has 0 spiro atoms. The van der Waals surface area contributed by atoms with Crippen molar-refractivity contribution in [2.24, 2.45) is 11.7 Å². The van der Waals surface area contributed by atoms with Crippen molar-refractivity contribution in [3.63, 3.8) is 0 Å². The van der Waals surface area contributed by atoms with Gasteiger partial charge in [0, 0.05) is 22.6 Å². The van der Waals surface area contributed by atoms with Gasteiger partial charge in [0.25, 0.3) is 0 Å². The average Bonchev–Trinajstić information content (AvgIpc) is 2.57. The molecule has 0 saturated heterocycles. The lowest BCUT2D eigenvalue weighted by atomic mass is 10.1. The van der Waals surface area contributed by atoms with E-state index in [2.05, 4.69) is 5.32 Å². The van der Waals surface area contributed by atoms with E-state index in [4.69, 9.17) is 5.73 Å². The summed E-state index contributed by atoms with van der Waals surface area (Å²) in [6.07, 6.45) is 7.06. The predicted molar refractivity (Wildman–Crippen MR) is 75.7 cm³/mol. The molecule has 0 bridgehead atoms. The van der Waals surface area contributed by atoms with Gasteiger partial charge in [0.1, 0.15) is 5.75 Å². The zero-order chi connectivity index (χ0) is 13.4. The van der Waals surface area contributed by atoms with E-state index in [1.807, 2.05) is 6.92 Å². The normalized spacial score (nSPS) is 21.0. The highest BCUT2D eigenvalue weighted by molar-refractivity contribution is 7.85. The summed E-state index contributed by atoms with van der Waals surface area (Å²) in [5.74, 6) is 0.802. The minimum Gasteiger partial charge on any atom is -0.353 e. The Hall–Kier alpha value is -0.420. The zero-order valence-electron chi connectivity index (χ0n) is 11.3. The number of nitrogens with two attached hydrogens (primary N) is 1. The summed E-state index contributed by atoms with van der Waals surface area (Å²) in [6.45, 7) is 2.48. The van der Waals surface area contributed by atoms with Crippen molar-refractivity contribution < 1.29 is 9.00 Å². The Kier molecular flexibility index (Phi) is 7.51. The molecule has 2 unspecified atom stereocenters. The first-order valence-corrected chi connectivity index (χ1v) is 8.45. The quantitative estimate of drug-likeness (QED) is 0.714. The van der Waals surface area contributed by atoms with Gasteiger partial charge < -0.3 is 11.1 Å². The molecule has 18 heavy (non-hydrogen) atoms. The summed E-state index contributed by atoms with van der Waals surface area (Å²) in [5, 5.41) is 3.02. The van der Waals surface area contributed by atoms with Gasteiger partial charge in [-0.25, -0.2) is 0 Å². The lowest BCUT2D eigenvalue weighted by Gasteiger charge is -2.16. The molecule has 4 nitrogen and oxygen atoms in total. The van der Waals surface area contributed by atoms with E-state index in [1.54, 1.807) is 0 Å². The van der Waals surface area contributed by atoms with Crippen LogP contribution in [-0.2, 0) is 15.6 Å². The van der Waals surface area contributed by atoms with Crippen LogP contribution in [0.1, 0.15) is 45.4 Å². The van der Waals surface area contributed by atoms with E-state index in [9.17, 15) is 9.00 Å². The Morgan fingerprint density at radius 3 is 2.50 bits per heavy atom. The molecular formula is C13H26N2O2S. The molecule has 0 aromatic rings. The summed E-state index contributed by atoms with van der Waals surface area (Å²) < 4.78 is 11.7. The van der Waals surface area contributed by atoms with Crippen LogP contribution in [0.4, 0.5) is 0 Å². The minimum absolute atomic E-state index is 0.0653. The second-order valence-electron chi connectivity index (χ2n) is 5.35. The third-order valence-electron chi connectivity index (χ3n) is 3.39. The van der Waals surface area contributed by atoms with Crippen LogP contribution >= 0.6 is 0 Å². The van der Waals surface area contributed by atoms with Gasteiger partial charge in [-0.15, -0.1) is 0 Å². The van der Waals surface area contributed by atoms with Crippen molar-refractivity contribution in [2.45, 2.75) is 51.5 Å². The van der Waals surface area contributed by atoms with Gasteiger partial charge in [-0.2, -0.15) is 0 Å². The van der Waals surface area contributed by atoms with E-state index in [-0.39, 0.29) is 17.6 Å². The van der Waals surface area contributed by atoms with Crippen molar-refractivity contribution in [1.29, 1.82) is 0 Å². The Morgan fingerprint density at radius 1 is 1.33 bits per heavy atom. The predicted octanol–water partition coefficient (Wildman–Crippen LogP) is 1.17. The number of nitrogens with one attached hydrogen (secondary N) is 1. The highest BCUT2D eigenvalue weighted by Gasteiger charge is 2.16. The number of rotatable bonds is 6. The van der Waals surface area contributed by atoms with Crippen LogP contribution in [0.5, 0.6) is 0 Å². The van der Waals surface area contributed by atoms with Crippen LogP contribution in [0.25, 0.3) is 0 Å². The van der Waals surface area contributed by atoms with Crippen molar-refractivity contribution in [2.75, 3.05) is 18.1 Å². The van der Waals surface area contributed by atoms with Crippen LogP contribution in [0.15, 0.2) is 0 Å². The Labute approximate surface area is 113 Å². The second kappa shape index (κ2) is 8.64. The summed E-state index contributed by atoms with van der Waals surface area (Å²) in [6, 6.07) is 0.295. The third-order valence-corrected chi connectivity index (χ3v) is 4.91. The van der Waals surface area contributed by atoms with Gasteiger partial charge in [0.15, 0.2) is 0 Å². The molecule has 1 aliphatic carbocycles. The molecule has 1 rings (SSSR count).